The van der Waals surface area contributed by atoms with Crippen molar-refractivity contribution in [1.82, 2.24) is 15.3 Å². The molecular weight excluding hydrogens is 454 g/mol. The second-order valence-corrected chi connectivity index (χ2v) is 9.18. The van der Waals surface area contributed by atoms with Gasteiger partial charge in [0.25, 0.3) is 0 Å². The molecule has 0 aromatic carbocycles. The number of halogens is 1. The molecule has 2 rings (SSSR count). The van der Waals surface area contributed by atoms with Crippen molar-refractivity contribution >= 4 is 39.6 Å². The summed E-state index contributed by atoms with van der Waals surface area (Å²) in [5.74, 6) is -1.31. The van der Waals surface area contributed by atoms with E-state index in [-0.39, 0.29) is 35.1 Å². The van der Waals surface area contributed by atoms with Crippen molar-refractivity contribution in [3.63, 3.8) is 0 Å². The number of hydrogen-bond acceptors (Lipinski definition) is 10. The Labute approximate surface area is 176 Å². The Morgan fingerprint density at radius 3 is 2.36 bits per heavy atom. The van der Waals surface area contributed by atoms with Gasteiger partial charge in [-0.05, 0) is 43.7 Å². The van der Waals surface area contributed by atoms with Crippen LogP contribution < -0.4 is 5.32 Å². The monoisotopic (exact) mass is 479 g/mol. The quantitative estimate of drug-likeness (QED) is 0.487. The smallest absolute Gasteiger partial charge is 0.323 e. The number of fused-ring (bicyclic) bond motifs is 1. The average molecular weight is 480 g/mol. The van der Waals surface area contributed by atoms with Crippen LogP contribution in [0.5, 0.6) is 0 Å². The van der Waals surface area contributed by atoms with Crippen LogP contribution in [0, 0.1) is 5.92 Å². The lowest BCUT2D eigenvalue weighted by atomic mass is 10.1. The van der Waals surface area contributed by atoms with Gasteiger partial charge in [0.1, 0.15) is 11.6 Å². The summed E-state index contributed by atoms with van der Waals surface area (Å²) in [5.41, 5.74) is -0.622. The Hall–Kier alpha value is -1.59. The minimum absolute atomic E-state index is 0.111. The molecule has 1 fully saturated rings. The number of ether oxygens (including phenoxy) is 2. The number of carbonyl (C=O) groups excluding carboxylic acids is 2. The maximum atomic E-state index is 12.4. The van der Waals surface area contributed by atoms with Crippen LogP contribution in [-0.2, 0) is 19.1 Å². The Morgan fingerprint density at radius 1 is 1.29 bits per heavy atom. The molecule has 0 bridgehead atoms. The molecular formula is C17H26BrN3O6S. The number of thioether (sulfide) groups is 1. The van der Waals surface area contributed by atoms with Gasteiger partial charge >= 0.3 is 11.9 Å². The predicted molar refractivity (Wildman–Crippen MR) is 108 cm³/mol. The molecule has 2 atom stereocenters. The number of allylic oxidation sites excluding steroid dienone is 1. The molecule has 2 heterocycles. The van der Waals surface area contributed by atoms with E-state index in [0.717, 1.165) is 0 Å². The number of hydrogen-bond donors (Lipinski definition) is 3. The number of nitrogens with one attached hydrogen (secondary N) is 1. The highest BCUT2D eigenvalue weighted by Crippen LogP contribution is 2.42. The van der Waals surface area contributed by atoms with E-state index in [9.17, 15) is 19.8 Å². The first kappa shape index (κ1) is 22.7. The SMILES string of the molecule is CN[C@@H](CSC1=C(O)N2CC(C(=O)OC(C)(C)C)CN2C(O)=C1Br)C(=O)OC. The third kappa shape index (κ3) is 4.87. The molecule has 3 N–H and O–H groups in total. The highest BCUT2D eigenvalue weighted by molar-refractivity contribution is 9.12. The number of carbonyl (C=O) groups is 2. The standard InChI is InChI=1S/C17H26BrN3O6S/c1-17(2,3)27-15(24)9-6-20-13(22)11(18)12(14(23)21(20)7-9)28-8-10(19-4)16(25)26-5/h9-10,19,22-23H,6-8H2,1-5H3/t9?,10-/m0/s1. The van der Waals surface area contributed by atoms with E-state index in [4.69, 9.17) is 9.47 Å². The molecule has 0 saturated carbocycles. The topological polar surface area (TPSA) is 112 Å². The van der Waals surface area contributed by atoms with Gasteiger partial charge in [-0.25, -0.2) is 10.0 Å². The fraction of sp³-hybridized carbons (Fsp3) is 0.647. The van der Waals surface area contributed by atoms with Gasteiger partial charge in [0, 0.05) is 5.75 Å². The van der Waals surface area contributed by atoms with E-state index in [1.54, 1.807) is 27.8 Å². The number of aliphatic hydroxyl groups excluding tert-OH is 2. The Bertz CT molecular complexity index is 705. The van der Waals surface area contributed by atoms with Crippen LogP contribution in [0.15, 0.2) is 21.2 Å². The van der Waals surface area contributed by atoms with Crippen molar-refractivity contribution < 1.29 is 29.3 Å². The first-order chi connectivity index (χ1) is 13.0. The minimum atomic E-state index is -0.622. The van der Waals surface area contributed by atoms with Gasteiger partial charge in [0.2, 0.25) is 11.8 Å². The number of hydrazine groups is 1. The van der Waals surface area contributed by atoms with Crippen molar-refractivity contribution in [3.05, 3.63) is 21.2 Å². The van der Waals surface area contributed by atoms with Crippen LogP contribution in [0.1, 0.15) is 20.8 Å². The average Bonchev–Trinajstić information content (AvgIpc) is 3.07. The van der Waals surface area contributed by atoms with Crippen LogP contribution in [-0.4, -0.2) is 76.8 Å². The van der Waals surface area contributed by atoms with Gasteiger partial charge in [-0.2, -0.15) is 0 Å². The predicted octanol–water partition coefficient (Wildman–Crippen LogP) is 1.83. The molecule has 2 aliphatic rings. The maximum Gasteiger partial charge on any atom is 0.323 e. The number of methoxy groups -OCH3 is 1. The number of nitrogens with zero attached hydrogens (tertiary/aromatic N) is 2. The first-order valence-corrected chi connectivity index (χ1v) is 10.5. The summed E-state index contributed by atoms with van der Waals surface area (Å²) in [6.45, 7) is 5.70. The van der Waals surface area contributed by atoms with Crippen LogP contribution in [0.3, 0.4) is 0 Å². The van der Waals surface area contributed by atoms with Gasteiger partial charge in [-0.15, -0.1) is 11.8 Å². The van der Waals surface area contributed by atoms with E-state index in [0.29, 0.717) is 4.91 Å². The number of likely N-dealkylation sites (N-methyl/N-ethyl adjacent to an activating group) is 1. The molecule has 0 aliphatic carbocycles. The maximum absolute atomic E-state index is 12.4. The highest BCUT2D eigenvalue weighted by atomic mass is 79.9. The normalized spacial score (nSPS) is 21.0. The minimum Gasteiger partial charge on any atom is -0.493 e. The lowest BCUT2D eigenvalue weighted by Gasteiger charge is -2.34. The van der Waals surface area contributed by atoms with Crippen LogP contribution in [0.4, 0.5) is 0 Å². The summed E-state index contributed by atoms with van der Waals surface area (Å²) in [6, 6.07) is -0.580. The van der Waals surface area contributed by atoms with E-state index < -0.39 is 29.5 Å². The van der Waals surface area contributed by atoms with Gasteiger partial charge in [-0.1, -0.05) is 0 Å². The molecule has 158 valence electrons. The summed E-state index contributed by atoms with van der Waals surface area (Å²) >= 11 is 4.48. The summed E-state index contributed by atoms with van der Waals surface area (Å²) in [7, 11) is 2.93. The van der Waals surface area contributed by atoms with E-state index in [2.05, 4.69) is 21.2 Å². The molecule has 28 heavy (non-hydrogen) atoms. The van der Waals surface area contributed by atoms with Crippen LogP contribution in [0.25, 0.3) is 0 Å². The van der Waals surface area contributed by atoms with Crippen molar-refractivity contribution in [2.75, 3.05) is 33.0 Å². The van der Waals surface area contributed by atoms with E-state index in [1.165, 1.54) is 28.9 Å². The number of esters is 2. The van der Waals surface area contributed by atoms with Gasteiger partial charge in [-0.3, -0.25) is 9.59 Å². The number of aliphatic hydroxyl groups is 2. The third-order valence-corrected chi connectivity index (χ3v) is 6.32. The Morgan fingerprint density at radius 2 is 1.86 bits per heavy atom. The molecule has 2 aliphatic heterocycles. The molecule has 0 spiro atoms. The molecule has 9 nitrogen and oxygen atoms in total. The van der Waals surface area contributed by atoms with Crippen molar-refractivity contribution in [1.29, 1.82) is 0 Å². The lowest BCUT2D eigenvalue weighted by Crippen LogP contribution is -2.40. The molecule has 1 saturated heterocycles. The molecule has 0 amide bonds. The van der Waals surface area contributed by atoms with Gasteiger partial charge in [0.05, 0.1) is 35.5 Å². The molecule has 0 aromatic heterocycles. The van der Waals surface area contributed by atoms with E-state index >= 15 is 0 Å². The third-order valence-electron chi connectivity index (χ3n) is 4.13. The molecule has 11 heteroatoms. The largest absolute Gasteiger partial charge is 0.493 e. The second kappa shape index (κ2) is 8.83. The van der Waals surface area contributed by atoms with Crippen molar-refractivity contribution in [2.45, 2.75) is 32.4 Å². The lowest BCUT2D eigenvalue weighted by molar-refractivity contribution is -0.159. The second-order valence-electron chi connectivity index (χ2n) is 7.36. The fourth-order valence-electron chi connectivity index (χ4n) is 2.74. The zero-order valence-corrected chi connectivity index (χ0v) is 18.9. The van der Waals surface area contributed by atoms with Crippen molar-refractivity contribution in [2.24, 2.45) is 5.92 Å². The summed E-state index contributed by atoms with van der Waals surface area (Å²) in [5, 5.41) is 27.0. The number of rotatable bonds is 6. The zero-order chi connectivity index (χ0) is 21.2. The summed E-state index contributed by atoms with van der Waals surface area (Å²) < 4.78 is 10.4. The molecule has 0 aromatic rings. The summed E-state index contributed by atoms with van der Waals surface area (Å²) in [6.07, 6.45) is 0. The molecule has 1 unspecified atom stereocenters. The van der Waals surface area contributed by atoms with Crippen LogP contribution in [0.2, 0.25) is 0 Å². The van der Waals surface area contributed by atoms with Crippen molar-refractivity contribution in [3.8, 4) is 0 Å². The zero-order valence-electron chi connectivity index (χ0n) is 16.5. The highest BCUT2D eigenvalue weighted by Gasteiger charge is 2.44. The van der Waals surface area contributed by atoms with Gasteiger partial charge in [0.15, 0.2) is 0 Å². The van der Waals surface area contributed by atoms with E-state index in [1.807, 2.05) is 0 Å². The van der Waals surface area contributed by atoms with Gasteiger partial charge < -0.3 is 25.0 Å². The Balaban J connectivity index is 2.17. The fourth-order valence-corrected chi connectivity index (χ4v) is 4.56. The molecule has 0 radical (unpaired) electrons. The van der Waals surface area contributed by atoms with Crippen LogP contribution >= 0.6 is 27.7 Å². The Kier molecular flexibility index (Phi) is 7.16. The summed E-state index contributed by atoms with van der Waals surface area (Å²) in [4.78, 5) is 24.5. The first-order valence-electron chi connectivity index (χ1n) is 8.68.